The van der Waals surface area contributed by atoms with Crippen molar-refractivity contribution in [2.75, 3.05) is 21.3 Å². The number of halogens is 1. The molecule has 0 radical (unpaired) electrons. The summed E-state index contributed by atoms with van der Waals surface area (Å²) in [6.45, 7) is 0. The Kier molecular flexibility index (Phi) is 4.85. The summed E-state index contributed by atoms with van der Waals surface area (Å²) in [5.74, 6) is -0.626. The highest BCUT2D eigenvalue weighted by molar-refractivity contribution is 9.10. The van der Waals surface area contributed by atoms with Gasteiger partial charge in [0.2, 0.25) is 0 Å². The highest BCUT2D eigenvalue weighted by Crippen LogP contribution is 2.23. The molecule has 0 aliphatic heterocycles. The zero-order chi connectivity index (χ0) is 13.9. The van der Waals surface area contributed by atoms with Gasteiger partial charge in [-0.25, -0.2) is 13.2 Å². The molecule has 0 fully saturated rings. The second kappa shape index (κ2) is 5.79. The van der Waals surface area contributed by atoms with Gasteiger partial charge in [0.1, 0.15) is 0 Å². The Hall–Kier alpha value is -0.960. The number of esters is 1. The SMILES string of the molecule is COC(=O)c1cc(S(=O)(=O)N(C)OC)ccc1Br. The van der Waals surface area contributed by atoms with Gasteiger partial charge in [0, 0.05) is 11.5 Å². The van der Waals surface area contributed by atoms with Crippen molar-refractivity contribution in [1.29, 1.82) is 0 Å². The molecule has 0 atom stereocenters. The maximum Gasteiger partial charge on any atom is 0.339 e. The van der Waals surface area contributed by atoms with Gasteiger partial charge in [-0.1, -0.05) is 4.47 Å². The topological polar surface area (TPSA) is 72.9 Å². The van der Waals surface area contributed by atoms with Crippen molar-refractivity contribution in [3.8, 4) is 0 Å². The third-order valence-corrected chi connectivity index (χ3v) is 4.60. The van der Waals surface area contributed by atoms with Crippen LogP contribution in [0, 0.1) is 0 Å². The van der Waals surface area contributed by atoms with Crippen LogP contribution in [-0.4, -0.2) is 40.1 Å². The van der Waals surface area contributed by atoms with E-state index in [1.807, 2.05) is 0 Å². The molecule has 8 heteroatoms. The highest BCUT2D eigenvalue weighted by Gasteiger charge is 2.23. The summed E-state index contributed by atoms with van der Waals surface area (Å²) in [6.07, 6.45) is 0. The molecule has 0 bridgehead atoms. The van der Waals surface area contributed by atoms with E-state index < -0.39 is 16.0 Å². The van der Waals surface area contributed by atoms with Gasteiger partial charge >= 0.3 is 5.97 Å². The number of hydrogen-bond acceptors (Lipinski definition) is 5. The summed E-state index contributed by atoms with van der Waals surface area (Å²) >= 11 is 3.15. The molecular weight excluding hydrogens is 326 g/mol. The summed E-state index contributed by atoms with van der Waals surface area (Å²) in [5.41, 5.74) is 0.128. The second-order valence-corrected chi connectivity index (χ2v) is 6.02. The normalized spacial score (nSPS) is 11.6. The molecule has 0 amide bonds. The van der Waals surface area contributed by atoms with Crippen molar-refractivity contribution in [2.45, 2.75) is 4.90 Å². The fourth-order valence-electron chi connectivity index (χ4n) is 1.18. The standard InChI is InChI=1S/C10H12BrNO5S/c1-12(17-3)18(14,15)7-4-5-9(11)8(6-7)10(13)16-2/h4-6H,1-3H3. The van der Waals surface area contributed by atoms with Crippen molar-refractivity contribution in [2.24, 2.45) is 0 Å². The van der Waals surface area contributed by atoms with Crippen LogP contribution in [0.3, 0.4) is 0 Å². The molecule has 18 heavy (non-hydrogen) atoms. The molecule has 100 valence electrons. The highest BCUT2D eigenvalue weighted by atomic mass is 79.9. The number of nitrogens with zero attached hydrogens (tertiary/aromatic N) is 1. The van der Waals surface area contributed by atoms with Crippen LogP contribution in [0.4, 0.5) is 0 Å². The molecule has 0 unspecified atom stereocenters. The summed E-state index contributed by atoms with van der Waals surface area (Å²) in [7, 11) is -0.0752. The van der Waals surface area contributed by atoms with E-state index in [2.05, 4.69) is 25.5 Å². The summed E-state index contributed by atoms with van der Waals surface area (Å²) in [4.78, 5) is 16.0. The monoisotopic (exact) mass is 337 g/mol. The van der Waals surface area contributed by atoms with Crippen LogP contribution in [0.25, 0.3) is 0 Å². The van der Waals surface area contributed by atoms with E-state index in [1.54, 1.807) is 0 Å². The van der Waals surface area contributed by atoms with E-state index in [-0.39, 0.29) is 10.5 Å². The summed E-state index contributed by atoms with van der Waals surface area (Å²) in [6, 6.07) is 4.05. The number of ether oxygens (including phenoxy) is 1. The molecule has 0 N–H and O–H groups in total. The molecule has 1 aromatic carbocycles. The van der Waals surface area contributed by atoms with Gasteiger partial charge in [-0.05, 0) is 34.1 Å². The van der Waals surface area contributed by atoms with Crippen molar-refractivity contribution in [1.82, 2.24) is 4.47 Å². The predicted octanol–water partition coefficient (Wildman–Crippen LogP) is 1.42. The van der Waals surface area contributed by atoms with Crippen molar-refractivity contribution in [3.63, 3.8) is 0 Å². The Morgan fingerprint density at radius 2 is 1.94 bits per heavy atom. The Labute approximate surface area is 114 Å². The first kappa shape index (κ1) is 15.1. The third kappa shape index (κ3) is 2.89. The van der Waals surface area contributed by atoms with E-state index in [4.69, 9.17) is 0 Å². The van der Waals surface area contributed by atoms with Gasteiger partial charge in [-0.2, -0.15) is 0 Å². The minimum atomic E-state index is -3.79. The number of hydrogen-bond donors (Lipinski definition) is 0. The molecule has 0 aliphatic carbocycles. The maximum absolute atomic E-state index is 12.0. The molecule has 0 heterocycles. The fourth-order valence-corrected chi connectivity index (χ4v) is 2.59. The molecule has 0 aliphatic rings. The third-order valence-electron chi connectivity index (χ3n) is 2.24. The first-order valence-electron chi connectivity index (χ1n) is 4.75. The van der Waals surface area contributed by atoms with Crippen molar-refractivity contribution >= 4 is 31.9 Å². The molecule has 0 saturated carbocycles. The predicted molar refractivity (Wildman–Crippen MR) is 67.4 cm³/mol. The van der Waals surface area contributed by atoms with Crippen LogP contribution in [0.2, 0.25) is 0 Å². The number of sulfonamides is 1. The second-order valence-electron chi connectivity index (χ2n) is 3.23. The number of methoxy groups -OCH3 is 1. The van der Waals surface area contributed by atoms with E-state index >= 15 is 0 Å². The smallest absolute Gasteiger partial charge is 0.339 e. The van der Waals surface area contributed by atoms with Crippen LogP contribution in [0.15, 0.2) is 27.6 Å². The van der Waals surface area contributed by atoms with Gasteiger partial charge in [-0.15, -0.1) is 0 Å². The lowest BCUT2D eigenvalue weighted by molar-refractivity contribution is -0.0258. The summed E-state index contributed by atoms with van der Waals surface area (Å²) < 4.78 is 29.7. The maximum atomic E-state index is 12.0. The lowest BCUT2D eigenvalue weighted by Crippen LogP contribution is -2.26. The van der Waals surface area contributed by atoms with E-state index in [1.165, 1.54) is 39.5 Å². The molecule has 6 nitrogen and oxygen atoms in total. The number of carbonyl (C=O) groups excluding carboxylic acids is 1. The Morgan fingerprint density at radius 1 is 1.33 bits per heavy atom. The molecule has 0 saturated heterocycles. The molecule has 0 spiro atoms. The van der Waals surface area contributed by atoms with Gasteiger partial charge in [0.25, 0.3) is 10.0 Å². The van der Waals surface area contributed by atoms with E-state index in [9.17, 15) is 13.2 Å². The zero-order valence-electron chi connectivity index (χ0n) is 10.0. The van der Waals surface area contributed by atoms with Gasteiger partial charge in [0.15, 0.2) is 0 Å². The molecule has 1 aromatic rings. The van der Waals surface area contributed by atoms with Crippen LogP contribution < -0.4 is 0 Å². The van der Waals surface area contributed by atoms with Crippen LogP contribution in [0.1, 0.15) is 10.4 Å². The largest absolute Gasteiger partial charge is 0.465 e. The van der Waals surface area contributed by atoms with Crippen molar-refractivity contribution < 1.29 is 22.8 Å². The Bertz CT molecular complexity index is 557. The number of rotatable bonds is 4. The van der Waals surface area contributed by atoms with Crippen molar-refractivity contribution in [3.05, 3.63) is 28.2 Å². The Morgan fingerprint density at radius 3 is 2.44 bits per heavy atom. The first-order valence-corrected chi connectivity index (χ1v) is 6.98. The van der Waals surface area contributed by atoms with Crippen LogP contribution >= 0.6 is 15.9 Å². The lowest BCUT2D eigenvalue weighted by atomic mass is 10.2. The van der Waals surface area contributed by atoms with Crippen LogP contribution in [-0.2, 0) is 19.6 Å². The quantitative estimate of drug-likeness (QED) is 0.613. The minimum Gasteiger partial charge on any atom is -0.465 e. The van der Waals surface area contributed by atoms with Gasteiger partial charge < -0.3 is 4.74 Å². The number of benzene rings is 1. The minimum absolute atomic E-state index is 0.0598. The molecular formula is C10H12BrNO5S. The average Bonchev–Trinajstić information content (AvgIpc) is 2.36. The molecule has 0 aromatic heterocycles. The fraction of sp³-hybridized carbons (Fsp3) is 0.300. The zero-order valence-corrected chi connectivity index (χ0v) is 12.4. The van der Waals surface area contributed by atoms with E-state index in [0.29, 0.717) is 8.94 Å². The Balaban J connectivity index is 3.33. The van der Waals surface area contributed by atoms with E-state index in [0.717, 1.165) is 0 Å². The lowest BCUT2D eigenvalue weighted by Gasteiger charge is -2.14. The van der Waals surface area contributed by atoms with Gasteiger partial charge in [0.05, 0.1) is 24.7 Å². The number of carbonyl (C=O) groups is 1. The van der Waals surface area contributed by atoms with Gasteiger partial charge in [-0.3, -0.25) is 4.84 Å². The summed E-state index contributed by atoms with van der Waals surface area (Å²) in [5, 5.41) is 0. The number of hydroxylamine groups is 1. The average molecular weight is 338 g/mol. The van der Waals surface area contributed by atoms with Crippen LogP contribution in [0.5, 0.6) is 0 Å². The molecule has 1 rings (SSSR count). The first-order chi connectivity index (χ1) is 8.34.